The number of imide groups is 1. The molecule has 0 radical (unpaired) electrons. The normalized spacial score (nSPS) is 16.4. The van der Waals surface area contributed by atoms with E-state index in [0.29, 0.717) is 11.3 Å². The molecule has 0 aromatic heterocycles. The van der Waals surface area contributed by atoms with Gasteiger partial charge in [0.05, 0.1) is 7.11 Å². The van der Waals surface area contributed by atoms with Crippen molar-refractivity contribution in [3.05, 3.63) is 42.1 Å². The van der Waals surface area contributed by atoms with Crippen LogP contribution in [0.2, 0.25) is 0 Å². The van der Waals surface area contributed by atoms with Crippen LogP contribution in [0, 0.1) is 0 Å². The van der Waals surface area contributed by atoms with E-state index in [9.17, 15) is 14.7 Å². The minimum atomic E-state index is -0.511. The van der Waals surface area contributed by atoms with Crippen LogP contribution >= 0.6 is 0 Å². The number of methoxy groups -OCH3 is 1. The van der Waals surface area contributed by atoms with Crippen molar-refractivity contribution >= 4 is 18.0 Å². The maximum Gasteiger partial charge on any atom is 0.329 e. The van der Waals surface area contributed by atoms with E-state index in [4.69, 9.17) is 4.74 Å². The van der Waals surface area contributed by atoms with Crippen LogP contribution in [0.25, 0.3) is 6.08 Å². The second kappa shape index (κ2) is 5.48. The number of nitrogens with one attached hydrogen (secondary N) is 1. The summed E-state index contributed by atoms with van der Waals surface area (Å²) < 4.78 is 4.98. The first-order valence-corrected chi connectivity index (χ1v) is 5.90. The summed E-state index contributed by atoms with van der Waals surface area (Å²) in [5.74, 6) is -0.261. The summed E-state index contributed by atoms with van der Waals surface area (Å²) in [6.45, 7) is 3.62. The van der Waals surface area contributed by atoms with Gasteiger partial charge in [0.25, 0.3) is 5.91 Å². The van der Waals surface area contributed by atoms with E-state index in [0.717, 1.165) is 4.90 Å². The molecule has 1 heterocycles. The fraction of sp³-hybridized carbons (Fsp3) is 0.143. The number of urea groups is 1. The van der Waals surface area contributed by atoms with Crippen LogP contribution in [0.5, 0.6) is 11.5 Å². The van der Waals surface area contributed by atoms with Gasteiger partial charge in [0.1, 0.15) is 5.70 Å². The van der Waals surface area contributed by atoms with Gasteiger partial charge < -0.3 is 15.2 Å². The summed E-state index contributed by atoms with van der Waals surface area (Å²) in [4.78, 5) is 24.6. The number of carbonyl (C=O) groups is 2. The molecule has 0 unspecified atom stereocenters. The molecular weight excluding hydrogens is 260 g/mol. The molecule has 1 aromatic rings. The molecule has 104 valence electrons. The van der Waals surface area contributed by atoms with Crippen molar-refractivity contribution in [1.82, 2.24) is 10.2 Å². The van der Waals surface area contributed by atoms with Crippen LogP contribution < -0.4 is 10.1 Å². The zero-order valence-electron chi connectivity index (χ0n) is 10.9. The maximum atomic E-state index is 12.0. The second-order valence-corrected chi connectivity index (χ2v) is 4.09. The Kier molecular flexibility index (Phi) is 3.74. The molecule has 0 spiro atoms. The number of aromatic hydroxyl groups is 1. The minimum Gasteiger partial charge on any atom is -0.504 e. The smallest absolute Gasteiger partial charge is 0.329 e. The zero-order valence-corrected chi connectivity index (χ0v) is 10.9. The topological polar surface area (TPSA) is 78.9 Å². The second-order valence-electron chi connectivity index (χ2n) is 4.09. The number of carbonyl (C=O) groups excluding carboxylic acids is 2. The Bertz CT molecular complexity index is 607. The Morgan fingerprint density at radius 3 is 2.85 bits per heavy atom. The first-order valence-electron chi connectivity index (χ1n) is 5.90. The predicted octanol–water partition coefficient (Wildman–Crippen LogP) is 1.48. The maximum absolute atomic E-state index is 12.0. The molecule has 0 aliphatic carbocycles. The van der Waals surface area contributed by atoms with Crippen LogP contribution in [0.1, 0.15) is 5.56 Å². The van der Waals surface area contributed by atoms with Crippen molar-refractivity contribution in [1.29, 1.82) is 0 Å². The van der Waals surface area contributed by atoms with Gasteiger partial charge in [0, 0.05) is 12.1 Å². The van der Waals surface area contributed by atoms with E-state index in [-0.39, 0.29) is 18.0 Å². The van der Waals surface area contributed by atoms with Crippen LogP contribution in [-0.2, 0) is 4.79 Å². The molecular formula is C14H14N2O4. The standard InChI is InChI=1S/C14H14N2O4/c1-3-7-16-13(18)10(15-14(16)19)8-9-5-4-6-11(20-2)12(9)17/h3-6,8,17H,1,7H2,2H3,(H,15,19)/b10-8+. The van der Waals surface area contributed by atoms with Gasteiger partial charge >= 0.3 is 6.03 Å². The van der Waals surface area contributed by atoms with E-state index < -0.39 is 11.9 Å². The summed E-state index contributed by atoms with van der Waals surface area (Å²) in [5, 5.41) is 12.4. The monoisotopic (exact) mass is 274 g/mol. The number of phenolic OH excluding ortho intramolecular Hbond substituents is 1. The molecule has 0 bridgehead atoms. The Morgan fingerprint density at radius 2 is 2.20 bits per heavy atom. The van der Waals surface area contributed by atoms with Gasteiger partial charge in [-0.1, -0.05) is 18.2 Å². The van der Waals surface area contributed by atoms with Crippen molar-refractivity contribution in [3.63, 3.8) is 0 Å². The first kappa shape index (κ1) is 13.7. The molecule has 6 nitrogen and oxygen atoms in total. The molecule has 6 heteroatoms. The van der Waals surface area contributed by atoms with Crippen molar-refractivity contribution < 1.29 is 19.4 Å². The summed E-state index contributed by atoms with van der Waals surface area (Å²) in [6, 6.07) is 4.37. The molecule has 2 N–H and O–H groups in total. The fourth-order valence-electron chi connectivity index (χ4n) is 1.84. The molecule has 20 heavy (non-hydrogen) atoms. The van der Waals surface area contributed by atoms with Crippen LogP contribution in [-0.4, -0.2) is 35.6 Å². The van der Waals surface area contributed by atoms with Gasteiger partial charge in [-0.05, 0) is 12.1 Å². The lowest BCUT2D eigenvalue weighted by Gasteiger charge is -2.07. The van der Waals surface area contributed by atoms with Crippen molar-refractivity contribution in [2.45, 2.75) is 0 Å². The molecule has 1 aromatic carbocycles. The minimum absolute atomic E-state index is 0.0910. The summed E-state index contributed by atoms with van der Waals surface area (Å²) >= 11 is 0. The van der Waals surface area contributed by atoms with Gasteiger partial charge in [-0.2, -0.15) is 0 Å². The number of phenols is 1. The molecule has 1 saturated heterocycles. The highest BCUT2D eigenvalue weighted by molar-refractivity contribution is 6.14. The number of nitrogens with zero attached hydrogens (tertiary/aromatic N) is 1. The van der Waals surface area contributed by atoms with Crippen LogP contribution in [0.15, 0.2) is 36.6 Å². The lowest BCUT2D eigenvalue weighted by Crippen LogP contribution is -2.30. The summed E-state index contributed by atoms with van der Waals surface area (Å²) in [7, 11) is 1.43. The number of ether oxygens (including phenoxy) is 1. The van der Waals surface area contributed by atoms with Gasteiger partial charge in [-0.3, -0.25) is 9.69 Å². The largest absolute Gasteiger partial charge is 0.504 e. The Labute approximate surface area is 116 Å². The average molecular weight is 274 g/mol. The lowest BCUT2D eigenvalue weighted by atomic mass is 10.1. The number of rotatable bonds is 4. The number of para-hydroxylation sites is 1. The van der Waals surface area contributed by atoms with E-state index in [2.05, 4.69) is 11.9 Å². The number of hydrogen-bond donors (Lipinski definition) is 2. The highest BCUT2D eigenvalue weighted by Crippen LogP contribution is 2.31. The van der Waals surface area contributed by atoms with Crippen molar-refractivity contribution in [2.75, 3.05) is 13.7 Å². The van der Waals surface area contributed by atoms with E-state index in [1.165, 1.54) is 19.3 Å². The third-order valence-corrected chi connectivity index (χ3v) is 2.82. The quantitative estimate of drug-likeness (QED) is 0.495. The molecule has 2 rings (SSSR count). The number of hydrogen-bond acceptors (Lipinski definition) is 4. The first-order chi connectivity index (χ1) is 9.58. The lowest BCUT2D eigenvalue weighted by molar-refractivity contribution is -0.122. The Hall–Kier alpha value is -2.76. The molecule has 3 amide bonds. The SMILES string of the molecule is C=CCN1C(=O)N/C(=C/c2cccc(OC)c2O)C1=O. The van der Waals surface area contributed by atoms with Crippen LogP contribution in [0.4, 0.5) is 4.79 Å². The van der Waals surface area contributed by atoms with Crippen molar-refractivity contribution in [2.24, 2.45) is 0 Å². The average Bonchev–Trinajstić information content (AvgIpc) is 2.69. The zero-order chi connectivity index (χ0) is 14.7. The Morgan fingerprint density at radius 1 is 1.45 bits per heavy atom. The molecule has 1 aliphatic rings. The van der Waals surface area contributed by atoms with Gasteiger partial charge in [0.15, 0.2) is 11.5 Å². The summed E-state index contributed by atoms with van der Waals surface area (Å²) in [5.41, 5.74) is 0.480. The number of benzene rings is 1. The third kappa shape index (κ3) is 2.35. The van der Waals surface area contributed by atoms with Gasteiger partial charge in [-0.15, -0.1) is 6.58 Å². The Balaban J connectivity index is 2.35. The molecule has 1 aliphatic heterocycles. The highest BCUT2D eigenvalue weighted by atomic mass is 16.5. The number of amides is 3. The van der Waals surface area contributed by atoms with E-state index in [1.807, 2.05) is 0 Å². The van der Waals surface area contributed by atoms with E-state index >= 15 is 0 Å². The summed E-state index contributed by atoms with van der Waals surface area (Å²) in [6.07, 6.45) is 2.87. The fourth-order valence-corrected chi connectivity index (χ4v) is 1.84. The predicted molar refractivity (Wildman–Crippen MR) is 73.1 cm³/mol. The van der Waals surface area contributed by atoms with Gasteiger partial charge in [-0.25, -0.2) is 4.79 Å². The molecule has 0 saturated carbocycles. The van der Waals surface area contributed by atoms with E-state index in [1.54, 1.807) is 18.2 Å². The highest BCUT2D eigenvalue weighted by Gasteiger charge is 2.32. The molecule has 0 atom stereocenters. The third-order valence-electron chi connectivity index (χ3n) is 2.82. The van der Waals surface area contributed by atoms with Crippen molar-refractivity contribution in [3.8, 4) is 11.5 Å². The van der Waals surface area contributed by atoms with Crippen LogP contribution in [0.3, 0.4) is 0 Å². The molecule has 1 fully saturated rings. The van der Waals surface area contributed by atoms with Gasteiger partial charge in [0.2, 0.25) is 0 Å².